The Morgan fingerprint density at radius 1 is 1.12 bits per heavy atom. The molecule has 0 fully saturated rings. The first kappa shape index (κ1) is 14.2. The first-order valence-corrected chi connectivity index (χ1v) is 6.27. The Balaban J connectivity index is 2.50. The van der Waals surface area contributed by atoms with Crippen LogP contribution in [0.1, 0.15) is 50.7 Å². The van der Waals surface area contributed by atoms with Crippen LogP contribution >= 0.6 is 0 Å². The molecule has 0 aliphatic rings. The Kier molecular flexibility index (Phi) is 4.72. The lowest BCUT2D eigenvalue weighted by Crippen LogP contribution is -2.35. The van der Waals surface area contributed by atoms with Gasteiger partial charge in [-0.15, -0.1) is 0 Å². The summed E-state index contributed by atoms with van der Waals surface area (Å²) >= 11 is 0. The summed E-state index contributed by atoms with van der Waals surface area (Å²) in [5.74, 6) is 0.410. The van der Waals surface area contributed by atoms with Gasteiger partial charge in [-0.1, -0.05) is 36.8 Å². The van der Waals surface area contributed by atoms with Crippen molar-refractivity contribution in [3.05, 3.63) is 35.4 Å². The Hall–Kier alpha value is -0.860. The van der Waals surface area contributed by atoms with Crippen molar-refractivity contribution in [1.82, 2.24) is 0 Å². The molecule has 96 valence electrons. The summed E-state index contributed by atoms with van der Waals surface area (Å²) < 4.78 is 0. The van der Waals surface area contributed by atoms with Gasteiger partial charge in [0, 0.05) is 0 Å². The highest BCUT2D eigenvalue weighted by Gasteiger charge is 2.24. The van der Waals surface area contributed by atoms with Crippen molar-refractivity contribution in [1.29, 1.82) is 0 Å². The lowest BCUT2D eigenvalue weighted by Gasteiger charge is -2.25. The largest absolute Gasteiger partial charge is 0.390 e. The number of aryl methyl sites for hydroxylation is 1. The van der Waals surface area contributed by atoms with Crippen LogP contribution in [0, 0.1) is 6.92 Å². The van der Waals surface area contributed by atoms with E-state index in [1.165, 1.54) is 11.1 Å². The van der Waals surface area contributed by atoms with Crippen LogP contribution in [0.4, 0.5) is 0 Å². The van der Waals surface area contributed by atoms with Gasteiger partial charge in [-0.25, -0.2) is 0 Å². The molecule has 2 nitrogen and oxygen atoms in total. The zero-order valence-corrected chi connectivity index (χ0v) is 11.3. The van der Waals surface area contributed by atoms with Crippen LogP contribution in [0.15, 0.2) is 24.3 Å². The third-order valence-corrected chi connectivity index (χ3v) is 3.33. The van der Waals surface area contributed by atoms with Gasteiger partial charge < -0.3 is 10.2 Å². The molecule has 0 saturated carbocycles. The first-order valence-electron chi connectivity index (χ1n) is 6.27. The number of aliphatic hydroxyl groups is 2. The number of rotatable bonds is 5. The summed E-state index contributed by atoms with van der Waals surface area (Å²) in [6, 6.07) is 8.49. The molecule has 0 aliphatic heterocycles. The molecule has 0 saturated heterocycles. The van der Waals surface area contributed by atoms with Gasteiger partial charge in [0.1, 0.15) is 0 Å². The average Bonchev–Trinajstić information content (AvgIpc) is 2.25. The first-order chi connectivity index (χ1) is 7.80. The molecule has 1 aromatic carbocycles. The van der Waals surface area contributed by atoms with Crippen LogP contribution in [-0.2, 0) is 0 Å². The zero-order chi connectivity index (χ0) is 13.1. The van der Waals surface area contributed by atoms with Gasteiger partial charge in [0.05, 0.1) is 11.7 Å². The van der Waals surface area contributed by atoms with Gasteiger partial charge in [-0.05, 0) is 45.1 Å². The molecule has 0 heterocycles. The van der Waals surface area contributed by atoms with E-state index in [0.717, 1.165) is 6.42 Å². The van der Waals surface area contributed by atoms with E-state index in [1.807, 2.05) is 0 Å². The number of benzene rings is 1. The van der Waals surface area contributed by atoms with E-state index in [2.05, 4.69) is 38.1 Å². The van der Waals surface area contributed by atoms with Crippen molar-refractivity contribution in [3.8, 4) is 0 Å². The van der Waals surface area contributed by atoms with Crippen molar-refractivity contribution >= 4 is 0 Å². The predicted octanol–water partition coefficient (Wildman–Crippen LogP) is 3.01. The normalized spacial score (nSPS) is 15.6. The number of hydrogen-bond acceptors (Lipinski definition) is 2. The Morgan fingerprint density at radius 3 is 2.12 bits per heavy atom. The topological polar surface area (TPSA) is 40.5 Å². The molecule has 2 atom stereocenters. The smallest absolute Gasteiger partial charge is 0.0849 e. The average molecular weight is 236 g/mol. The van der Waals surface area contributed by atoms with E-state index >= 15 is 0 Å². The molecule has 0 bridgehead atoms. The fourth-order valence-corrected chi connectivity index (χ4v) is 1.82. The Morgan fingerprint density at radius 2 is 1.65 bits per heavy atom. The second-order valence-electron chi connectivity index (χ2n) is 5.56. The van der Waals surface area contributed by atoms with Crippen molar-refractivity contribution in [3.63, 3.8) is 0 Å². The highest BCUT2D eigenvalue weighted by atomic mass is 16.3. The van der Waals surface area contributed by atoms with Crippen LogP contribution in [0.2, 0.25) is 0 Å². The summed E-state index contributed by atoms with van der Waals surface area (Å²) in [6.07, 6.45) is 0.850. The molecule has 2 N–H and O–H groups in total. The summed E-state index contributed by atoms with van der Waals surface area (Å²) in [7, 11) is 0. The molecule has 0 spiro atoms. The lowest BCUT2D eigenvalue weighted by atomic mass is 9.90. The molecule has 0 amide bonds. The fourth-order valence-electron chi connectivity index (χ4n) is 1.82. The minimum absolute atomic E-state index is 0.410. The van der Waals surface area contributed by atoms with E-state index in [-0.39, 0.29) is 0 Å². The van der Waals surface area contributed by atoms with E-state index in [0.29, 0.717) is 12.3 Å². The SMILES string of the molecule is Cc1ccc(C(C)CCC(O)C(C)(C)O)cc1. The van der Waals surface area contributed by atoms with Gasteiger partial charge in [-0.3, -0.25) is 0 Å². The van der Waals surface area contributed by atoms with Crippen molar-refractivity contribution in [2.75, 3.05) is 0 Å². The van der Waals surface area contributed by atoms with E-state index in [4.69, 9.17) is 0 Å². The van der Waals surface area contributed by atoms with Gasteiger partial charge in [0.2, 0.25) is 0 Å². The van der Waals surface area contributed by atoms with Crippen LogP contribution in [0.5, 0.6) is 0 Å². The molecule has 1 aromatic rings. The standard InChI is InChI=1S/C15H24O2/c1-11-5-8-13(9-6-11)12(2)7-10-14(16)15(3,4)17/h5-6,8-9,12,14,16-17H,7,10H2,1-4H3. The van der Waals surface area contributed by atoms with Gasteiger partial charge in [0.25, 0.3) is 0 Å². The van der Waals surface area contributed by atoms with Crippen LogP contribution in [0.25, 0.3) is 0 Å². The molecule has 17 heavy (non-hydrogen) atoms. The van der Waals surface area contributed by atoms with Crippen molar-refractivity contribution in [2.24, 2.45) is 0 Å². The highest BCUT2D eigenvalue weighted by molar-refractivity contribution is 5.23. The highest BCUT2D eigenvalue weighted by Crippen LogP contribution is 2.24. The molecule has 0 aliphatic carbocycles. The quantitative estimate of drug-likeness (QED) is 0.825. The molecule has 1 rings (SSSR count). The maximum atomic E-state index is 9.78. The van der Waals surface area contributed by atoms with Crippen LogP contribution in [-0.4, -0.2) is 21.9 Å². The third-order valence-electron chi connectivity index (χ3n) is 3.33. The second-order valence-corrected chi connectivity index (χ2v) is 5.56. The summed E-state index contributed by atoms with van der Waals surface area (Å²) in [5, 5.41) is 19.4. The summed E-state index contributed by atoms with van der Waals surface area (Å²) in [4.78, 5) is 0. The van der Waals surface area contributed by atoms with Crippen molar-refractivity contribution in [2.45, 2.75) is 58.2 Å². The minimum atomic E-state index is -1.01. The van der Waals surface area contributed by atoms with E-state index < -0.39 is 11.7 Å². The monoisotopic (exact) mass is 236 g/mol. The maximum Gasteiger partial charge on any atom is 0.0849 e. The van der Waals surface area contributed by atoms with Gasteiger partial charge in [-0.2, -0.15) is 0 Å². The van der Waals surface area contributed by atoms with Crippen molar-refractivity contribution < 1.29 is 10.2 Å². The van der Waals surface area contributed by atoms with Gasteiger partial charge >= 0.3 is 0 Å². The van der Waals surface area contributed by atoms with E-state index in [9.17, 15) is 10.2 Å². The van der Waals surface area contributed by atoms with E-state index in [1.54, 1.807) is 13.8 Å². The van der Waals surface area contributed by atoms with Gasteiger partial charge in [0.15, 0.2) is 0 Å². The van der Waals surface area contributed by atoms with Crippen LogP contribution in [0.3, 0.4) is 0 Å². The number of aliphatic hydroxyl groups excluding tert-OH is 1. The molecular weight excluding hydrogens is 212 g/mol. The fraction of sp³-hybridized carbons (Fsp3) is 0.600. The van der Waals surface area contributed by atoms with Crippen LogP contribution < -0.4 is 0 Å². The molecular formula is C15H24O2. The molecule has 2 unspecified atom stereocenters. The Bertz CT molecular complexity index is 335. The molecule has 0 aromatic heterocycles. The zero-order valence-electron chi connectivity index (χ0n) is 11.3. The molecule has 0 radical (unpaired) electrons. The predicted molar refractivity (Wildman–Crippen MR) is 71.1 cm³/mol. The summed E-state index contributed by atoms with van der Waals surface area (Å²) in [6.45, 7) is 7.52. The second kappa shape index (κ2) is 5.65. The maximum absolute atomic E-state index is 9.78. The minimum Gasteiger partial charge on any atom is -0.390 e. The lowest BCUT2D eigenvalue weighted by molar-refractivity contribution is -0.0525. The summed E-state index contributed by atoms with van der Waals surface area (Å²) in [5.41, 5.74) is 1.54. The number of hydrogen-bond donors (Lipinski definition) is 2. The third kappa shape index (κ3) is 4.49. The molecule has 2 heteroatoms. The Labute approximate surface area is 104 Å².